The molecule has 20 nitrogen and oxygen atoms in total. The lowest BCUT2D eigenvalue weighted by Gasteiger charge is -2.10. The van der Waals surface area contributed by atoms with Gasteiger partial charge in [0.05, 0.1) is 22.8 Å². The summed E-state index contributed by atoms with van der Waals surface area (Å²) in [4.78, 5) is 12.7. The Kier molecular flexibility index (Phi) is 10.7. The lowest BCUT2D eigenvalue weighted by molar-refractivity contribution is 0.441. The number of hydrogen-bond acceptors (Lipinski definition) is 14. The van der Waals surface area contributed by atoms with Crippen LogP contribution in [0, 0.1) is 0 Å². The van der Waals surface area contributed by atoms with Gasteiger partial charge in [0.2, 0.25) is 0 Å². The molecule has 5 heterocycles. The van der Waals surface area contributed by atoms with Crippen LogP contribution in [-0.4, -0.2) is 92.2 Å². The van der Waals surface area contributed by atoms with Gasteiger partial charge in [-0.25, -0.2) is 9.97 Å². The van der Waals surface area contributed by atoms with E-state index in [0.29, 0.717) is 0 Å². The number of hydrogen-bond donors (Lipinski definition) is 10. The summed E-state index contributed by atoms with van der Waals surface area (Å²) in [5.74, 6) is -3.16. The summed E-state index contributed by atoms with van der Waals surface area (Å²) in [6.45, 7) is 0. The molecule has 9 rings (SSSR count). The van der Waals surface area contributed by atoms with Crippen LogP contribution in [0.4, 0.5) is 0 Å². The molecule has 3 aromatic heterocycles. The lowest BCUT2D eigenvalue weighted by atomic mass is 10.0. The van der Waals surface area contributed by atoms with Gasteiger partial charge in [-0.1, -0.05) is 24.3 Å². The molecule has 0 saturated carbocycles. The fraction of sp³-hybridized carbons (Fsp3) is 0. The van der Waals surface area contributed by atoms with E-state index in [0.717, 1.165) is 48.5 Å². The number of aromatic nitrogens is 4. The number of H-pyrrole nitrogens is 2. The number of aromatic hydroxyl groups is 4. The predicted octanol–water partition coefficient (Wildman–Crippen LogP) is 7.13. The highest BCUT2D eigenvalue weighted by Gasteiger charge is 2.25. The number of nitrogens with one attached hydrogen (secondary N) is 2. The van der Waals surface area contributed by atoms with Crippen LogP contribution in [0.15, 0.2) is 117 Å². The standard InChI is InChI=1S/C44H30N4O16S4/c49-33-13-1-21(17-37(33)65(53,54)55)41-25-5-7-27(45-25)42(22-2-14-34(50)38(18-22)66(56,57)58)29-9-11-31(47-29)44(24-4-16-36(52)40(20-24)68(62,63)64)32-12-10-30(48-32)43(28-8-6-26(41)46-28)23-3-15-35(51)39(19-23)67(59,60)61/h1-20,45,48-52H,(H,53,54,55)(H,56,57,58)(H,59,60,61)(H,62,63,64). The number of aromatic amines is 2. The second-order valence-corrected chi connectivity index (χ2v) is 20.7. The zero-order chi connectivity index (χ0) is 48.8. The molecule has 7 aromatic rings. The summed E-state index contributed by atoms with van der Waals surface area (Å²) < 4.78 is 140. The van der Waals surface area contributed by atoms with Crippen molar-refractivity contribution >= 4 is 86.8 Å². The van der Waals surface area contributed by atoms with Crippen LogP contribution < -0.4 is 0 Å². The number of nitrogens with zero attached hydrogens (tertiary/aromatic N) is 2. The van der Waals surface area contributed by atoms with E-state index < -0.39 is 83.1 Å². The van der Waals surface area contributed by atoms with Crippen LogP contribution in [0.2, 0.25) is 0 Å². The molecular formula is C44H30N4O16S4. The number of rotatable bonds is 8. The van der Waals surface area contributed by atoms with Gasteiger partial charge < -0.3 is 30.4 Å². The van der Waals surface area contributed by atoms with E-state index in [-0.39, 0.29) is 89.4 Å². The van der Waals surface area contributed by atoms with Crippen molar-refractivity contribution < 1.29 is 72.3 Å². The third-order valence-corrected chi connectivity index (χ3v) is 14.4. The molecule has 24 heteroatoms. The Hall–Kier alpha value is -7.68. The number of phenolic OH excluding ortho intramolecular Hbond substituents is 4. The quantitative estimate of drug-likeness (QED) is 0.0676. The first kappa shape index (κ1) is 45.5. The first-order chi connectivity index (χ1) is 31.9. The van der Waals surface area contributed by atoms with Gasteiger partial charge in [-0.05, 0) is 119 Å². The fourth-order valence-corrected chi connectivity index (χ4v) is 10.4. The first-order valence-corrected chi connectivity index (χ1v) is 25.0. The summed E-state index contributed by atoms with van der Waals surface area (Å²) in [5.41, 5.74) is 1.84. The predicted molar refractivity (Wildman–Crippen MR) is 247 cm³/mol. The van der Waals surface area contributed by atoms with Crippen molar-refractivity contribution in [1.29, 1.82) is 0 Å². The van der Waals surface area contributed by atoms with Gasteiger partial charge in [0.1, 0.15) is 42.6 Å². The average molecular weight is 999 g/mol. The van der Waals surface area contributed by atoms with Gasteiger partial charge in [0.15, 0.2) is 0 Å². The molecule has 0 fully saturated rings. The molecule has 2 aliphatic heterocycles. The number of fused-ring (bicyclic) bond motifs is 8. The molecule has 0 saturated heterocycles. The highest BCUT2D eigenvalue weighted by atomic mass is 32.2. The Morgan fingerprint density at radius 3 is 0.721 bits per heavy atom. The monoisotopic (exact) mass is 998 g/mol. The topological polar surface area (TPSA) is 356 Å². The third-order valence-electron chi connectivity index (χ3n) is 10.9. The van der Waals surface area contributed by atoms with Crippen molar-refractivity contribution in [3.63, 3.8) is 0 Å². The molecule has 2 aliphatic rings. The molecule has 4 aromatic carbocycles. The summed E-state index contributed by atoms with van der Waals surface area (Å²) in [5, 5.41) is 42.0. The summed E-state index contributed by atoms with van der Waals surface area (Å²) in [6.07, 6.45) is 5.98. The van der Waals surface area contributed by atoms with Crippen LogP contribution >= 0.6 is 0 Å². The molecule has 8 bridgehead atoms. The largest absolute Gasteiger partial charge is 0.506 e. The van der Waals surface area contributed by atoms with E-state index in [2.05, 4.69) is 9.97 Å². The van der Waals surface area contributed by atoms with Crippen LogP contribution in [-0.2, 0) is 40.5 Å². The third kappa shape index (κ3) is 8.26. The van der Waals surface area contributed by atoms with Crippen molar-refractivity contribution in [2.24, 2.45) is 0 Å². The molecule has 10 N–H and O–H groups in total. The Bertz CT molecular complexity index is 3570. The Morgan fingerprint density at radius 2 is 0.529 bits per heavy atom. The lowest BCUT2D eigenvalue weighted by Crippen LogP contribution is -1.99. The summed E-state index contributed by atoms with van der Waals surface area (Å²) in [7, 11) is -20.1. The van der Waals surface area contributed by atoms with Gasteiger partial charge in [-0.2, -0.15) is 33.7 Å². The smallest absolute Gasteiger partial charge is 0.298 e. The second-order valence-electron chi connectivity index (χ2n) is 15.1. The number of benzene rings is 4. The molecule has 346 valence electrons. The van der Waals surface area contributed by atoms with Crippen molar-refractivity contribution in [1.82, 2.24) is 19.9 Å². The van der Waals surface area contributed by atoms with Gasteiger partial charge in [-0.3, -0.25) is 18.2 Å². The highest BCUT2D eigenvalue weighted by Crippen LogP contribution is 2.42. The van der Waals surface area contributed by atoms with Crippen molar-refractivity contribution in [2.75, 3.05) is 0 Å². The highest BCUT2D eigenvalue weighted by molar-refractivity contribution is 7.86. The van der Waals surface area contributed by atoms with E-state index in [1.165, 1.54) is 72.8 Å². The molecular weight excluding hydrogens is 969 g/mol. The first-order valence-electron chi connectivity index (χ1n) is 19.3. The zero-order valence-corrected chi connectivity index (χ0v) is 37.2. The maximum absolute atomic E-state index is 12.5. The molecule has 0 radical (unpaired) electrons. The maximum atomic E-state index is 12.5. The van der Waals surface area contributed by atoms with Crippen LogP contribution in [0.3, 0.4) is 0 Å². The van der Waals surface area contributed by atoms with E-state index >= 15 is 0 Å². The Morgan fingerprint density at radius 1 is 0.324 bits per heavy atom. The summed E-state index contributed by atoms with van der Waals surface area (Å²) in [6, 6.07) is 19.4. The maximum Gasteiger partial charge on any atom is 0.298 e. The molecule has 0 unspecified atom stereocenters. The second kappa shape index (κ2) is 16.0. The Labute approximate surface area is 384 Å². The van der Waals surface area contributed by atoms with Crippen LogP contribution in [0.25, 0.3) is 90.9 Å². The Balaban J connectivity index is 1.51. The number of phenols is 4. The van der Waals surface area contributed by atoms with E-state index in [1.807, 2.05) is 0 Å². The fourth-order valence-electron chi connectivity index (χ4n) is 7.93. The van der Waals surface area contributed by atoms with Crippen molar-refractivity contribution in [3.05, 3.63) is 120 Å². The van der Waals surface area contributed by atoms with Gasteiger partial charge >= 0.3 is 0 Å². The molecule has 0 aliphatic carbocycles. The minimum Gasteiger partial charge on any atom is -0.506 e. The van der Waals surface area contributed by atoms with E-state index in [9.17, 15) is 72.3 Å². The minimum atomic E-state index is -5.03. The van der Waals surface area contributed by atoms with Crippen LogP contribution in [0.1, 0.15) is 22.8 Å². The van der Waals surface area contributed by atoms with Crippen molar-refractivity contribution in [2.45, 2.75) is 19.6 Å². The van der Waals surface area contributed by atoms with Crippen molar-refractivity contribution in [3.8, 4) is 67.5 Å². The average Bonchev–Trinajstić information content (AvgIpc) is 4.09. The molecule has 0 spiro atoms. The minimum absolute atomic E-state index is 0.0579. The zero-order valence-electron chi connectivity index (χ0n) is 33.9. The molecule has 68 heavy (non-hydrogen) atoms. The normalized spacial score (nSPS) is 13.0. The molecule has 0 atom stereocenters. The van der Waals surface area contributed by atoms with Gasteiger partial charge in [0, 0.05) is 44.3 Å². The van der Waals surface area contributed by atoms with E-state index in [4.69, 9.17) is 9.97 Å². The van der Waals surface area contributed by atoms with Crippen LogP contribution in [0.5, 0.6) is 23.0 Å². The SMILES string of the molecule is O=S(=O)(O)c1cc(-c2c3nc(c(-c4ccc(O)c(S(=O)(=O)O)c4)c4ccc([nH]4)c(-c4ccc(O)c(S(=O)(=O)O)c4)c4nc(c(-c5ccc(O)c(S(=O)(=O)O)c5)c5ccc2[nH]5)C=C4)C=C3)ccc1O. The summed E-state index contributed by atoms with van der Waals surface area (Å²) >= 11 is 0. The molecule has 0 amide bonds. The van der Waals surface area contributed by atoms with E-state index in [1.54, 1.807) is 0 Å². The van der Waals surface area contributed by atoms with Gasteiger partial charge in [0.25, 0.3) is 40.5 Å². The van der Waals surface area contributed by atoms with Gasteiger partial charge in [-0.15, -0.1) is 0 Å².